The van der Waals surface area contributed by atoms with Gasteiger partial charge in [0.25, 0.3) is 0 Å². The van der Waals surface area contributed by atoms with Gasteiger partial charge >= 0.3 is 0 Å². The van der Waals surface area contributed by atoms with E-state index in [0.717, 1.165) is 15.7 Å². The lowest BCUT2D eigenvalue weighted by molar-refractivity contribution is -0.130. The van der Waals surface area contributed by atoms with E-state index >= 15 is 0 Å². The van der Waals surface area contributed by atoms with E-state index in [9.17, 15) is 9.59 Å². The fraction of sp³-hybridized carbons (Fsp3) is 0.467. The average Bonchev–Trinajstić information content (AvgIpc) is 2.40. The molecule has 0 spiro atoms. The summed E-state index contributed by atoms with van der Waals surface area (Å²) in [4.78, 5) is 27.2. The zero-order valence-electron chi connectivity index (χ0n) is 12.4. The predicted molar refractivity (Wildman–Crippen MR) is 84.8 cm³/mol. The normalized spacial score (nSPS) is 10.2. The van der Waals surface area contributed by atoms with Crippen molar-refractivity contribution in [1.82, 2.24) is 4.90 Å². The molecule has 1 aromatic carbocycles. The minimum atomic E-state index is -0.138. The van der Waals surface area contributed by atoms with E-state index < -0.39 is 0 Å². The molecule has 0 fully saturated rings. The number of benzene rings is 1. The summed E-state index contributed by atoms with van der Waals surface area (Å²) >= 11 is 3.45. The Kier molecular flexibility index (Phi) is 6.20. The Morgan fingerprint density at radius 2 is 1.80 bits per heavy atom. The van der Waals surface area contributed by atoms with Crippen LogP contribution in [0, 0.1) is 6.92 Å². The molecular formula is C15H21BrN2O2. The molecule has 4 nitrogen and oxygen atoms in total. The molecule has 0 aromatic heterocycles. The lowest BCUT2D eigenvalue weighted by atomic mass is 10.2. The van der Waals surface area contributed by atoms with E-state index in [4.69, 9.17) is 0 Å². The molecule has 0 saturated heterocycles. The quantitative estimate of drug-likeness (QED) is 0.826. The summed E-state index contributed by atoms with van der Waals surface area (Å²) in [7, 11) is 0. The van der Waals surface area contributed by atoms with Crippen LogP contribution >= 0.6 is 15.9 Å². The minimum absolute atomic E-state index is 0.0399. The topological polar surface area (TPSA) is 40.6 Å². The summed E-state index contributed by atoms with van der Waals surface area (Å²) in [6, 6.07) is 5.65. The molecule has 0 heterocycles. The van der Waals surface area contributed by atoms with Crippen molar-refractivity contribution in [2.75, 3.05) is 24.5 Å². The Bertz CT molecular complexity index is 499. The van der Waals surface area contributed by atoms with Gasteiger partial charge in [-0.15, -0.1) is 0 Å². The lowest BCUT2D eigenvalue weighted by Gasteiger charge is -2.25. The minimum Gasteiger partial charge on any atom is -0.342 e. The Morgan fingerprint density at radius 1 is 1.20 bits per heavy atom. The van der Waals surface area contributed by atoms with Crippen LogP contribution < -0.4 is 4.90 Å². The first-order valence-corrected chi connectivity index (χ1v) is 7.52. The van der Waals surface area contributed by atoms with E-state index in [2.05, 4.69) is 15.9 Å². The summed E-state index contributed by atoms with van der Waals surface area (Å²) in [6.45, 7) is 8.70. The molecule has 0 N–H and O–H groups in total. The number of carbonyl (C=O) groups excluding carboxylic acids is 2. The lowest BCUT2D eigenvalue weighted by Crippen LogP contribution is -2.42. The van der Waals surface area contributed by atoms with Crippen molar-refractivity contribution in [2.24, 2.45) is 0 Å². The highest BCUT2D eigenvalue weighted by Crippen LogP contribution is 2.23. The Labute approximate surface area is 128 Å². The molecular weight excluding hydrogens is 320 g/mol. The first-order chi connectivity index (χ1) is 9.40. The summed E-state index contributed by atoms with van der Waals surface area (Å²) in [6.07, 6.45) is 0. The van der Waals surface area contributed by atoms with Crippen LogP contribution in [0.3, 0.4) is 0 Å². The molecule has 0 atom stereocenters. The molecule has 110 valence electrons. The van der Waals surface area contributed by atoms with Gasteiger partial charge in [-0.25, -0.2) is 0 Å². The van der Waals surface area contributed by atoms with Gasteiger partial charge in [-0.2, -0.15) is 0 Å². The van der Waals surface area contributed by atoms with Gasteiger partial charge in [-0.3, -0.25) is 9.59 Å². The Balaban J connectivity index is 2.97. The number of aryl methyl sites for hydroxylation is 1. The standard InChI is InChI=1S/C15H21BrN2O2/c1-5-17(6-2)15(20)10-18(12(4)19)13-8-7-11(3)14(16)9-13/h7-9H,5-6,10H2,1-4H3. The number of amides is 2. The molecule has 0 radical (unpaired) electrons. The third-order valence-electron chi connectivity index (χ3n) is 3.26. The van der Waals surface area contributed by atoms with Gasteiger partial charge in [0.05, 0.1) is 0 Å². The fourth-order valence-electron chi connectivity index (χ4n) is 1.95. The maximum Gasteiger partial charge on any atom is 0.242 e. The zero-order valence-corrected chi connectivity index (χ0v) is 14.0. The third-order valence-corrected chi connectivity index (χ3v) is 4.11. The van der Waals surface area contributed by atoms with E-state index in [-0.39, 0.29) is 18.4 Å². The van der Waals surface area contributed by atoms with Crippen molar-refractivity contribution < 1.29 is 9.59 Å². The smallest absolute Gasteiger partial charge is 0.242 e. The van der Waals surface area contributed by atoms with Gasteiger partial charge in [0.2, 0.25) is 11.8 Å². The monoisotopic (exact) mass is 340 g/mol. The van der Waals surface area contributed by atoms with Gasteiger partial charge in [0.1, 0.15) is 6.54 Å². The van der Waals surface area contributed by atoms with E-state index in [1.54, 1.807) is 4.90 Å². The number of halogens is 1. The van der Waals surface area contributed by atoms with Crippen LogP contribution in [-0.2, 0) is 9.59 Å². The molecule has 1 aromatic rings. The van der Waals surface area contributed by atoms with Gasteiger partial charge in [-0.05, 0) is 38.5 Å². The number of anilines is 1. The van der Waals surface area contributed by atoms with Crippen LogP contribution in [0.4, 0.5) is 5.69 Å². The molecule has 2 amide bonds. The highest BCUT2D eigenvalue weighted by molar-refractivity contribution is 9.10. The molecule has 0 aliphatic rings. The van der Waals surface area contributed by atoms with Crippen molar-refractivity contribution >= 4 is 33.4 Å². The summed E-state index contributed by atoms with van der Waals surface area (Å²) in [5.41, 5.74) is 1.82. The van der Waals surface area contributed by atoms with Gasteiger partial charge in [-0.1, -0.05) is 22.0 Å². The average molecular weight is 341 g/mol. The fourth-order valence-corrected chi connectivity index (χ4v) is 2.31. The van der Waals surface area contributed by atoms with E-state index in [1.807, 2.05) is 39.0 Å². The Hall–Kier alpha value is -1.36. The Morgan fingerprint density at radius 3 is 2.25 bits per heavy atom. The number of rotatable bonds is 5. The largest absolute Gasteiger partial charge is 0.342 e. The molecule has 20 heavy (non-hydrogen) atoms. The number of hydrogen-bond donors (Lipinski definition) is 0. The summed E-state index contributed by atoms with van der Waals surface area (Å²) in [5.74, 6) is -0.178. The summed E-state index contributed by atoms with van der Waals surface area (Å²) < 4.78 is 0.927. The van der Waals surface area contributed by atoms with Crippen LogP contribution in [-0.4, -0.2) is 36.3 Å². The van der Waals surface area contributed by atoms with Crippen molar-refractivity contribution in [3.8, 4) is 0 Å². The predicted octanol–water partition coefficient (Wildman–Crippen LogP) is 2.98. The van der Waals surface area contributed by atoms with Crippen LogP contribution in [0.1, 0.15) is 26.3 Å². The number of hydrogen-bond acceptors (Lipinski definition) is 2. The first kappa shape index (κ1) is 16.7. The molecule has 0 aliphatic carbocycles. The maximum atomic E-state index is 12.2. The van der Waals surface area contributed by atoms with E-state index in [1.165, 1.54) is 11.8 Å². The van der Waals surface area contributed by atoms with E-state index in [0.29, 0.717) is 13.1 Å². The van der Waals surface area contributed by atoms with Crippen LogP contribution in [0.2, 0.25) is 0 Å². The molecule has 0 saturated carbocycles. The van der Waals surface area contributed by atoms with Crippen molar-refractivity contribution in [2.45, 2.75) is 27.7 Å². The second kappa shape index (κ2) is 7.43. The van der Waals surface area contributed by atoms with Crippen LogP contribution in [0.15, 0.2) is 22.7 Å². The van der Waals surface area contributed by atoms with Gasteiger partial charge < -0.3 is 9.80 Å². The molecule has 1 rings (SSSR count). The highest BCUT2D eigenvalue weighted by atomic mass is 79.9. The molecule has 0 aliphatic heterocycles. The van der Waals surface area contributed by atoms with Crippen LogP contribution in [0.5, 0.6) is 0 Å². The number of nitrogens with zero attached hydrogens (tertiary/aromatic N) is 2. The van der Waals surface area contributed by atoms with Gasteiger partial charge in [0.15, 0.2) is 0 Å². The molecule has 0 bridgehead atoms. The van der Waals surface area contributed by atoms with Gasteiger partial charge in [0, 0.05) is 30.2 Å². The second-order valence-electron chi connectivity index (χ2n) is 4.60. The number of carbonyl (C=O) groups is 2. The zero-order chi connectivity index (χ0) is 15.3. The van der Waals surface area contributed by atoms with Crippen molar-refractivity contribution in [3.63, 3.8) is 0 Å². The molecule has 0 unspecified atom stereocenters. The SMILES string of the molecule is CCN(CC)C(=O)CN(C(C)=O)c1ccc(C)c(Br)c1. The molecule has 5 heteroatoms. The van der Waals surface area contributed by atoms with Crippen molar-refractivity contribution in [1.29, 1.82) is 0 Å². The summed E-state index contributed by atoms with van der Waals surface area (Å²) in [5, 5.41) is 0. The van der Waals surface area contributed by atoms with Crippen LogP contribution in [0.25, 0.3) is 0 Å². The third kappa shape index (κ3) is 4.07. The maximum absolute atomic E-state index is 12.2. The highest BCUT2D eigenvalue weighted by Gasteiger charge is 2.19. The first-order valence-electron chi connectivity index (χ1n) is 6.72. The van der Waals surface area contributed by atoms with Crippen molar-refractivity contribution in [3.05, 3.63) is 28.2 Å². The number of likely N-dealkylation sites (N-methyl/N-ethyl adjacent to an activating group) is 1. The second-order valence-corrected chi connectivity index (χ2v) is 5.46.